The number of aromatic nitrogens is 2. The monoisotopic (exact) mass is 338 g/mol. The van der Waals surface area contributed by atoms with Crippen molar-refractivity contribution in [1.82, 2.24) is 19.9 Å². The Balaban J connectivity index is 1.53. The van der Waals surface area contributed by atoms with Gasteiger partial charge in [0.05, 0.1) is 6.26 Å². The molecule has 2 heterocycles. The third-order valence-electron chi connectivity index (χ3n) is 4.24. The molecule has 1 aromatic heterocycles. The topological polar surface area (TPSA) is 88.3 Å². The van der Waals surface area contributed by atoms with E-state index in [2.05, 4.69) is 26.0 Å². The van der Waals surface area contributed by atoms with Crippen molar-refractivity contribution in [3.8, 4) is 0 Å². The molecule has 8 heteroatoms. The molecule has 0 aliphatic carbocycles. The van der Waals surface area contributed by atoms with Crippen LogP contribution in [0.1, 0.15) is 24.8 Å². The summed E-state index contributed by atoms with van der Waals surface area (Å²) in [5.41, 5.74) is 2.76. The third-order valence-corrected chi connectivity index (χ3v) is 4.97. The Hall–Kier alpha value is -1.51. The lowest BCUT2D eigenvalue weighted by molar-refractivity contribution is 0.162. The van der Waals surface area contributed by atoms with Crippen LogP contribution in [0.4, 0.5) is 0 Å². The van der Waals surface area contributed by atoms with Crippen molar-refractivity contribution < 1.29 is 13.0 Å². The van der Waals surface area contributed by atoms with Crippen molar-refractivity contribution in [3.05, 3.63) is 23.8 Å². The Labute approximate surface area is 136 Å². The van der Waals surface area contributed by atoms with Crippen molar-refractivity contribution in [2.75, 3.05) is 25.9 Å². The Bertz CT molecular complexity index is 759. The molecule has 7 nitrogen and oxygen atoms in total. The molecule has 3 rings (SSSR count). The van der Waals surface area contributed by atoms with Gasteiger partial charge in [-0.2, -0.15) is 0 Å². The van der Waals surface area contributed by atoms with Crippen LogP contribution in [0.15, 0.2) is 22.8 Å². The Kier molecular flexibility index (Phi) is 4.93. The standard InChI is InChI=1S/C15H22N4O3S/c1-23(20,21)16-7-6-12-3-2-8-19(10-12)11-13-4-5-14-15(9-13)18-22-17-14/h4-5,9,12,16H,2-3,6-8,10-11H2,1H3/t12-/m0/s1. The molecule has 23 heavy (non-hydrogen) atoms. The van der Waals surface area contributed by atoms with E-state index in [4.69, 9.17) is 4.63 Å². The molecular formula is C15H22N4O3S. The number of likely N-dealkylation sites (tertiary alicyclic amines) is 1. The van der Waals surface area contributed by atoms with Gasteiger partial charge in [-0.05, 0) is 59.7 Å². The van der Waals surface area contributed by atoms with Crippen LogP contribution < -0.4 is 4.72 Å². The van der Waals surface area contributed by atoms with Gasteiger partial charge in [0, 0.05) is 19.6 Å². The highest BCUT2D eigenvalue weighted by Crippen LogP contribution is 2.22. The van der Waals surface area contributed by atoms with Crippen LogP contribution in [0.25, 0.3) is 11.0 Å². The lowest BCUT2D eigenvalue weighted by Gasteiger charge is -2.32. The number of sulfonamides is 1. The van der Waals surface area contributed by atoms with E-state index in [0.29, 0.717) is 12.5 Å². The van der Waals surface area contributed by atoms with Crippen molar-refractivity contribution >= 4 is 21.1 Å². The van der Waals surface area contributed by atoms with Gasteiger partial charge in [-0.1, -0.05) is 6.07 Å². The largest absolute Gasteiger partial charge is 0.299 e. The highest BCUT2D eigenvalue weighted by molar-refractivity contribution is 7.88. The molecule has 0 unspecified atom stereocenters. The van der Waals surface area contributed by atoms with E-state index in [1.807, 2.05) is 12.1 Å². The van der Waals surface area contributed by atoms with Gasteiger partial charge in [0.2, 0.25) is 10.0 Å². The van der Waals surface area contributed by atoms with E-state index in [0.717, 1.165) is 49.9 Å². The number of piperidine rings is 1. The summed E-state index contributed by atoms with van der Waals surface area (Å²) < 4.78 is 29.6. The summed E-state index contributed by atoms with van der Waals surface area (Å²) in [6.45, 7) is 3.47. The van der Waals surface area contributed by atoms with Crippen LogP contribution in [-0.4, -0.2) is 49.5 Å². The molecule has 126 valence electrons. The van der Waals surface area contributed by atoms with E-state index in [1.165, 1.54) is 11.8 Å². The number of nitrogens with zero attached hydrogens (tertiary/aromatic N) is 3. The summed E-state index contributed by atoms with van der Waals surface area (Å²) in [5.74, 6) is 0.537. The van der Waals surface area contributed by atoms with Crippen LogP contribution in [-0.2, 0) is 16.6 Å². The molecule has 1 aromatic carbocycles. The van der Waals surface area contributed by atoms with Crippen LogP contribution >= 0.6 is 0 Å². The quantitative estimate of drug-likeness (QED) is 0.856. The number of hydrogen-bond donors (Lipinski definition) is 1. The average Bonchev–Trinajstić information content (AvgIpc) is 2.94. The normalized spacial score (nSPS) is 20.1. The summed E-state index contributed by atoms with van der Waals surface area (Å²) >= 11 is 0. The minimum absolute atomic E-state index is 0.522. The average molecular weight is 338 g/mol. The second-order valence-electron chi connectivity index (χ2n) is 6.29. The van der Waals surface area contributed by atoms with E-state index in [1.54, 1.807) is 0 Å². The first-order valence-corrected chi connectivity index (χ1v) is 9.77. The zero-order valence-electron chi connectivity index (χ0n) is 13.2. The van der Waals surface area contributed by atoms with Crippen molar-refractivity contribution in [2.24, 2.45) is 5.92 Å². The second kappa shape index (κ2) is 6.94. The molecule has 0 amide bonds. The zero-order chi connectivity index (χ0) is 16.3. The van der Waals surface area contributed by atoms with Crippen LogP contribution in [0.2, 0.25) is 0 Å². The number of rotatable bonds is 6. The molecule has 1 aliphatic rings. The zero-order valence-corrected chi connectivity index (χ0v) is 14.1. The predicted molar refractivity (Wildman–Crippen MR) is 87.3 cm³/mol. The summed E-state index contributed by atoms with van der Waals surface area (Å²) in [6.07, 6.45) is 4.40. The molecule has 0 saturated carbocycles. The summed E-state index contributed by atoms with van der Waals surface area (Å²) in [4.78, 5) is 2.42. The van der Waals surface area contributed by atoms with Gasteiger partial charge in [0.1, 0.15) is 11.0 Å². The van der Waals surface area contributed by atoms with Crippen molar-refractivity contribution in [1.29, 1.82) is 0 Å². The summed E-state index contributed by atoms with van der Waals surface area (Å²) in [7, 11) is -3.09. The summed E-state index contributed by atoms with van der Waals surface area (Å²) in [5, 5.41) is 7.70. The fraction of sp³-hybridized carbons (Fsp3) is 0.600. The second-order valence-corrected chi connectivity index (χ2v) is 8.12. The number of nitrogens with one attached hydrogen (secondary N) is 1. The van der Waals surface area contributed by atoms with Gasteiger partial charge in [-0.15, -0.1) is 0 Å². The number of hydrogen-bond acceptors (Lipinski definition) is 6. The Morgan fingerprint density at radius 2 is 2.17 bits per heavy atom. The lowest BCUT2D eigenvalue weighted by Crippen LogP contribution is -2.36. The predicted octanol–water partition coefficient (Wildman–Crippen LogP) is 1.37. The van der Waals surface area contributed by atoms with Crippen LogP contribution in [0, 0.1) is 5.92 Å². The third kappa shape index (κ3) is 4.73. The molecule has 1 aliphatic heterocycles. The minimum Gasteiger partial charge on any atom is -0.299 e. The molecule has 1 fully saturated rings. The van der Waals surface area contributed by atoms with Gasteiger partial charge >= 0.3 is 0 Å². The van der Waals surface area contributed by atoms with Gasteiger partial charge in [0.15, 0.2) is 0 Å². The Morgan fingerprint density at radius 1 is 1.35 bits per heavy atom. The highest BCUT2D eigenvalue weighted by Gasteiger charge is 2.20. The molecule has 1 atom stereocenters. The molecule has 0 spiro atoms. The van der Waals surface area contributed by atoms with Gasteiger partial charge in [0.25, 0.3) is 0 Å². The van der Waals surface area contributed by atoms with Crippen LogP contribution in [0.3, 0.4) is 0 Å². The maximum absolute atomic E-state index is 11.1. The molecule has 0 radical (unpaired) electrons. The maximum Gasteiger partial charge on any atom is 0.208 e. The SMILES string of the molecule is CS(=O)(=O)NCC[C@@H]1CCCN(Cc2ccc3nonc3c2)C1. The number of fused-ring (bicyclic) bond motifs is 1. The molecule has 2 aromatic rings. The van der Waals surface area contributed by atoms with E-state index >= 15 is 0 Å². The van der Waals surface area contributed by atoms with E-state index in [9.17, 15) is 8.42 Å². The van der Waals surface area contributed by atoms with E-state index < -0.39 is 10.0 Å². The first-order chi connectivity index (χ1) is 11.0. The van der Waals surface area contributed by atoms with Crippen molar-refractivity contribution in [2.45, 2.75) is 25.8 Å². The first kappa shape index (κ1) is 16.4. The smallest absolute Gasteiger partial charge is 0.208 e. The first-order valence-electron chi connectivity index (χ1n) is 7.88. The van der Waals surface area contributed by atoms with Gasteiger partial charge < -0.3 is 0 Å². The molecule has 1 N–H and O–H groups in total. The molecular weight excluding hydrogens is 316 g/mol. The van der Waals surface area contributed by atoms with E-state index in [-0.39, 0.29) is 0 Å². The van der Waals surface area contributed by atoms with Crippen LogP contribution in [0.5, 0.6) is 0 Å². The van der Waals surface area contributed by atoms with Gasteiger partial charge in [-0.3, -0.25) is 4.90 Å². The fourth-order valence-corrected chi connectivity index (χ4v) is 3.65. The van der Waals surface area contributed by atoms with Crippen molar-refractivity contribution in [3.63, 3.8) is 0 Å². The number of benzene rings is 1. The Morgan fingerprint density at radius 3 is 3.00 bits per heavy atom. The summed E-state index contributed by atoms with van der Waals surface area (Å²) in [6, 6.07) is 6.00. The maximum atomic E-state index is 11.1. The molecule has 0 bridgehead atoms. The lowest BCUT2D eigenvalue weighted by atomic mass is 9.94. The minimum atomic E-state index is -3.09. The molecule has 1 saturated heterocycles. The van der Waals surface area contributed by atoms with Gasteiger partial charge in [-0.25, -0.2) is 17.8 Å². The highest BCUT2D eigenvalue weighted by atomic mass is 32.2. The fourth-order valence-electron chi connectivity index (χ4n) is 3.16.